The fourth-order valence-corrected chi connectivity index (χ4v) is 1.17. The van der Waals surface area contributed by atoms with E-state index in [1.165, 1.54) is 6.33 Å². The molecule has 78 valence electrons. The molecule has 0 aliphatic heterocycles. The van der Waals surface area contributed by atoms with E-state index < -0.39 is 0 Å². The van der Waals surface area contributed by atoms with Crippen molar-refractivity contribution in [2.75, 3.05) is 5.43 Å². The molecule has 0 saturated carbocycles. The average Bonchev–Trinajstić information content (AvgIpc) is 2.81. The van der Waals surface area contributed by atoms with Gasteiger partial charge in [-0.25, -0.2) is 20.8 Å². The van der Waals surface area contributed by atoms with Gasteiger partial charge in [0.25, 0.3) is 0 Å². The predicted octanol–water partition coefficient (Wildman–Crippen LogP) is 0.110. The number of nitrogens with zero attached hydrogens (tertiary/aromatic N) is 4. The van der Waals surface area contributed by atoms with Crippen LogP contribution in [0.15, 0.2) is 12.4 Å². The highest BCUT2D eigenvalue weighted by Crippen LogP contribution is 2.13. The zero-order valence-corrected chi connectivity index (χ0v) is 8.23. The van der Waals surface area contributed by atoms with Crippen LogP contribution in [0.2, 0.25) is 0 Å². The Morgan fingerprint density at radius 3 is 2.93 bits per heavy atom. The summed E-state index contributed by atoms with van der Waals surface area (Å²) in [6.45, 7) is 2.01. The van der Waals surface area contributed by atoms with Gasteiger partial charge in [-0.05, 0) is 6.42 Å². The topological polar surface area (TPSA) is 105 Å². The third kappa shape index (κ3) is 1.91. The average molecular weight is 205 g/mol. The molecule has 2 aromatic heterocycles. The summed E-state index contributed by atoms with van der Waals surface area (Å²) >= 11 is 0. The first kappa shape index (κ1) is 9.53. The van der Waals surface area contributed by atoms with Crippen molar-refractivity contribution in [2.24, 2.45) is 5.84 Å². The molecule has 0 spiro atoms. The van der Waals surface area contributed by atoms with Crippen molar-refractivity contribution in [3.8, 4) is 11.6 Å². The van der Waals surface area contributed by atoms with E-state index in [9.17, 15) is 0 Å². The summed E-state index contributed by atoms with van der Waals surface area (Å²) in [6, 6.07) is 1.79. The maximum absolute atomic E-state index is 5.31. The van der Waals surface area contributed by atoms with E-state index in [-0.39, 0.29) is 0 Å². The Hall–Kier alpha value is -2.02. The second-order valence-corrected chi connectivity index (χ2v) is 2.90. The summed E-state index contributed by atoms with van der Waals surface area (Å²) in [6.07, 6.45) is 2.21. The van der Waals surface area contributed by atoms with Crippen LogP contribution in [0.25, 0.3) is 11.6 Å². The van der Waals surface area contributed by atoms with Gasteiger partial charge in [0.2, 0.25) is 0 Å². The van der Waals surface area contributed by atoms with Crippen LogP contribution in [0.1, 0.15) is 12.6 Å². The van der Waals surface area contributed by atoms with Crippen molar-refractivity contribution in [1.82, 2.24) is 25.1 Å². The molecule has 0 saturated heterocycles. The summed E-state index contributed by atoms with van der Waals surface area (Å²) in [7, 11) is 0. The summed E-state index contributed by atoms with van der Waals surface area (Å²) in [5.41, 5.74) is 3.38. The lowest BCUT2D eigenvalue weighted by Crippen LogP contribution is -2.10. The third-order valence-corrected chi connectivity index (χ3v) is 1.92. The van der Waals surface area contributed by atoms with E-state index >= 15 is 0 Å². The first-order valence-electron chi connectivity index (χ1n) is 4.53. The quantitative estimate of drug-likeness (QED) is 0.485. The first-order chi connectivity index (χ1) is 7.33. The Morgan fingerprint density at radius 1 is 1.47 bits per heavy atom. The van der Waals surface area contributed by atoms with Gasteiger partial charge in [0, 0.05) is 11.8 Å². The maximum Gasteiger partial charge on any atom is 0.199 e. The first-order valence-corrected chi connectivity index (χ1v) is 4.53. The summed E-state index contributed by atoms with van der Waals surface area (Å²) in [5.74, 6) is 6.89. The number of hydrazine groups is 1. The number of rotatable bonds is 3. The number of aryl methyl sites for hydroxylation is 1. The van der Waals surface area contributed by atoms with Crippen molar-refractivity contribution in [3.63, 3.8) is 0 Å². The Labute approximate surface area is 86.1 Å². The molecule has 15 heavy (non-hydrogen) atoms. The molecule has 0 amide bonds. The zero-order valence-electron chi connectivity index (χ0n) is 8.23. The molecule has 2 aromatic rings. The number of aromatic nitrogens is 5. The molecule has 2 heterocycles. The molecule has 4 N–H and O–H groups in total. The number of aromatic amines is 1. The van der Waals surface area contributed by atoms with Gasteiger partial charge in [0.15, 0.2) is 11.6 Å². The second-order valence-electron chi connectivity index (χ2n) is 2.90. The van der Waals surface area contributed by atoms with Crippen LogP contribution in [0, 0.1) is 0 Å². The third-order valence-electron chi connectivity index (χ3n) is 1.92. The van der Waals surface area contributed by atoms with Gasteiger partial charge in [0.05, 0.1) is 0 Å². The number of nitrogen functional groups attached to an aromatic ring is 1. The predicted molar refractivity (Wildman–Crippen MR) is 54.6 cm³/mol. The van der Waals surface area contributed by atoms with Crippen LogP contribution in [-0.4, -0.2) is 25.1 Å². The van der Waals surface area contributed by atoms with Gasteiger partial charge in [-0.1, -0.05) is 6.92 Å². The second kappa shape index (κ2) is 4.01. The monoisotopic (exact) mass is 205 g/mol. The van der Waals surface area contributed by atoms with Crippen LogP contribution < -0.4 is 11.3 Å². The van der Waals surface area contributed by atoms with Crippen molar-refractivity contribution >= 4 is 5.82 Å². The molecule has 7 nitrogen and oxygen atoms in total. The van der Waals surface area contributed by atoms with Crippen LogP contribution in [-0.2, 0) is 6.42 Å². The lowest BCUT2D eigenvalue weighted by molar-refractivity contribution is 0.982. The van der Waals surface area contributed by atoms with Crippen LogP contribution in [0.5, 0.6) is 0 Å². The highest BCUT2D eigenvalue weighted by Gasteiger charge is 2.07. The van der Waals surface area contributed by atoms with Gasteiger partial charge in [0.1, 0.15) is 12.1 Å². The largest absolute Gasteiger partial charge is 0.308 e. The number of hydrogen-bond acceptors (Lipinski definition) is 6. The SMILES string of the molecule is CCc1cc(NN)nc(-c2ncn[nH]2)n1. The minimum absolute atomic E-state index is 0.486. The van der Waals surface area contributed by atoms with E-state index in [4.69, 9.17) is 5.84 Å². The molecule has 0 unspecified atom stereocenters. The molecule has 7 heteroatoms. The number of hydrogen-bond donors (Lipinski definition) is 3. The molecule has 0 aliphatic carbocycles. The van der Waals surface area contributed by atoms with Crippen molar-refractivity contribution in [3.05, 3.63) is 18.1 Å². The molecular weight excluding hydrogens is 194 g/mol. The number of nitrogens with one attached hydrogen (secondary N) is 2. The highest BCUT2D eigenvalue weighted by atomic mass is 15.3. The zero-order chi connectivity index (χ0) is 10.7. The Kier molecular flexibility index (Phi) is 2.55. The summed E-state index contributed by atoms with van der Waals surface area (Å²) in [5, 5.41) is 6.44. The van der Waals surface area contributed by atoms with Crippen LogP contribution in [0.3, 0.4) is 0 Å². The maximum atomic E-state index is 5.31. The van der Waals surface area contributed by atoms with E-state index in [0.29, 0.717) is 17.5 Å². The van der Waals surface area contributed by atoms with E-state index in [1.54, 1.807) is 6.07 Å². The minimum atomic E-state index is 0.486. The lowest BCUT2D eigenvalue weighted by atomic mass is 10.3. The van der Waals surface area contributed by atoms with Gasteiger partial charge in [-0.15, -0.1) is 0 Å². The van der Waals surface area contributed by atoms with Crippen LogP contribution in [0.4, 0.5) is 5.82 Å². The van der Waals surface area contributed by atoms with Crippen molar-refractivity contribution < 1.29 is 0 Å². The molecule has 0 atom stereocenters. The molecular formula is C8H11N7. The smallest absolute Gasteiger partial charge is 0.199 e. The van der Waals surface area contributed by atoms with Gasteiger partial charge in [-0.2, -0.15) is 5.10 Å². The van der Waals surface area contributed by atoms with Gasteiger partial charge >= 0.3 is 0 Å². The van der Waals surface area contributed by atoms with E-state index in [0.717, 1.165) is 12.1 Å². The molecule has 2 rings (SSSR count). The fraction of sp³-hybridized carbons (Fsp3) is 0.250. The molecule has 0 fully saturated rings. The molecule has 0 aromatic carbocycles. The van der Waals surface area contributed by atoms with Crippen molar-refractivity contribution in [2.45, 2.75) is 13.3 Å². The minimum Gasteiger partial charge on any atom is -0.308 e. The Morgan fingerprint density at radius 2 is 2.33 bits per heavy atom. The van der Waals surface area contributed by atoms with Crippen LogP contribution >= 0.6 is 0 Å². The van der Waals surface area contributed by atoms with Gasteiger partial charge in [-0.3, -0.25) is 5.10 Å². The molecule has 0 aliphatic rings. The molecule has 0 radical (unpaired) electrons. The normalized spacial score (nSPS) is 10.3. The highest BCUT2D eigenvalue weighted by molar-refractivity contribution is 5.48. The Bertz CT molecular complexity index is 414. The van der Waals surface area contributed by atoms with E-state index in [2.05, 4.69) is 30.6 Å². The van der Waals surface area contributed by atoms with Gasteiger partial charge < -0.3 is 5.43 Å². The summed E-state index contributed by atoms with van der Waals surface area (Å²) in [4.78, 5) is 12.4. The standard InChI is InChI=1S/C8H11N7/c1-2-5-3-6(14-9)13-8(12-5)7-10-4-11-15-7/h3-4H,2,9H2,1H3,(H,10,11,15)(H,12,13,14). The molecule has 0 bridgehead atoms. The fourth-order valence-electron chi connectivity index (χ4n) is 1.17. The number of anilines is 1. The lowest BCUT2D eigenvalue weighted by Gasteiger charge is -2.03. The summed E-state index contributed by atoms with van der Waals surface area (Å²) < 4.78 is 0. The Balaban J connectivity index is 2.47. The number of H-pyrrole nitrogens is 1. The van der Waals surface area contributed by atoms with E-state index in [1.807, 2.05) is 6.92 Å². The number of nitrogens with two attached hydrogens (primary N) is 1. The van der Waals surface area contributed by atoms with Crippen molar-refractivity contribution in [1.29, 1.82) is 0 Å².